The summed E-state index contributed by atoms with van der Waals surface area (Å²) < 4.78 is 18.0. The average Bonchev–Trinajstić information content (AvgIpc) is 2.91. The normalized spacial score (nSPS) is 29.5. The van der Waals surface area contributed by atoms with Crippen LogP contribution in [0.5, 0.6) is 11.5 Å². The SMILES string of the molecule is C[C@@H]1C[NH+](CC(=O)Nc2ccc3c(c2)OC2(CCCCC2)O3)C[C@H](C)O1. The minimum Gasteiger partial charge on any atom is -0.448 e. The summed E-state index contributed by atoms with van der Waals surface area (Å²) in [6.07, 6.45) is 5.76. The topological polar surface area (TPSA) is 61.2 Å². The molecule has 0 aromatic heterocycles. The number of carbonyl (C=O) groups excluding carboxylic acids is 1. The van der Waals surface area contributed by atoms with E-state index in [1.807, 2.05) is 18.2 Å². The number of fused-ring (bicyclic) bond motifs is 1. The van der Waals surface area contributed by atoms with Crippen molar-refractivity contribution in [2.24, 2.45) is 0 Å². The van der Waals surface area contributed by atoms with E-state index in [0.29, 0.717) is 6.54 Å². The van der Waals surface area contributed by atoms with Crippen LogP contribution in [0.15, 0.2) is 18.2 Å². The Labute approximate surface area is 154 Å². The van der Waals surface area contributed by atoms with Gasteiger partial charge in [-0.05, 0) is 38.8 Å². The maximum absolute atomic E-state index is 12.4. The molecule has 1 aromatic rings. The van der Waals surface area contributed by atoms with Gasteiger partial charge in [-0.3, -0.25) is 4.79 Å². The Balaban J connectivity index is 1.36. The van der Waals surface area contributed by atoms with Crippen molar-refractivity contribution in [1.82, 2.24) is 0 Å². The summed E-state index contributed by atoms with van der Waals surface area (Å²) >= 11 is 0. The zero-order valence-electron chi connectivity index (χ0n) is 15.7. The summed E-state index contributed by atoms with van der Waals surface area (Å²) in [5.41, 5.74) is 0.763. The molecule has 6 heteroatoms. The molecule has 1 aromatic carbocycles. The summed E-state index contributed by atoms with van der Waals surface area (Å²) in [5.74, 6) is 1.07. The van der Waals surface area contributed by atoms with E-state index in [-0.39, 0.29) is 18.1 Å². The van der Waals surface area contributed by atoms with Crippen LogP contribution in [0.25, 0.3) is 0 Å². The van der Waals surface area contributed by atoms with Crippen molar-refractivity contribution < 1.29 is 23.9 Å². The van der Waals surface area contributed by atoms with Crippen LogP contribution in [-0.4, -0.2) is 43.5 Å². The molecule has 0 bridgehead atoms. The van der Waals surface area contributed by atoms with E-state index in [9.17, 15) is 4.79 Å². The number of hydrogen-bond acceptors (Lipinski definition) is 4. The second kappa shape index (κ2) is 7.08. The molecule has 3 aliphatic rings. The van der Waals surface area contributed by atoms with Gasteiger partial charge in [0, 0.05) is 24.6 Å². The molecule has 2 heterocycles. The standard InChI is InChI=1S/C20H28N2O4/c1-14-11-22(12-15(2)24-14)13-19(23)21-16-6-7-17-18(10-16)26-20(25-17)8-4-3-5-9-20/h6-7,10,14-15H,3-5,8-9,11-13H2,1-2H3,(H,21,23)/p+1/t14-,15+. The fourth-order valence-electron chi connectivity index (χ4n) is 4.43. The molecule has 1 unspecified atom stereocenters. The van der Waals surface area contributed by atoms with Crippen LogP contribution in [0.1, 0.15) is 46.0 Å². The molecule has 1 aliphatic carbocycles. The highest BCUT2D eigenvalue weighted by atomic mass is 16.7. The third kappa shape index (κ3) is 3.81. The van der Waals surface area contributed by atoms with Gasteiger partial charge in [-0.2, -0.15) is 0 Å². The number of carbonyl (C=O) groups is 1. The summed E-state index contributed by atoms with van der Waals surface area (Å²) in [4.78, 5) is 13.7. The van der Waals surface area contributed by atoms with E-state index in [0.717, 1.165) is 56.0 Å². The Bertz CT molecular complexity index is 662. The van der Waals surface area contributed by atoms with Gasteiger partial charge >= 0.3 is 0 Å². The van der Waals surface area contributed by atoms with Crippen molar-refractivity contribution in [1.29, 1.82) is 0 Å². The fraction of sp³-hybridized carbons (Fsp3) is 0.650. The van der Waals surface area contributed by atoms with Crippen LogP contribution >= 0.6 is 0 Å². The van der Waals surface area contributed by atoms with E-state index in [1.165, 1.54) is 11.3 Å². The average molecular weight is 361 g/mol. The van der Waals surface area contributed by atoms with E-state index in [4.69, 9.17) is 14.2 Å². The molecule has 2 N–H and O–H groups in total. The first kappa shape index (κ1) is 17.6. The van der Waals surface area contributed by atoms with Crippen LogP contribution in [-0.2, 0) is 9.53 Å². The predicted molar refractivity (Wildman–Crippen MR) is 97.7 cm³/mol. The lowest BCUT2D eigenvalue weighted by Crippen LogP contribution is -3.16. The molecular formula is C20H29N2O4+. The molecule has 3 atom stereocenters. The minimum absolute atomic E-state index is 0.0209. The Hall–Kier alpha value is -1.79. The lowest BCUT2D eigenvalue weighted by molar-refractivity contribution is -0.907. The van der Waals surface area contributed by atoms with Crippen molar-refractivity contribution in [2.45, 2.75) is 63.9 Å². The van der Waals surface area contributed by atoms with Gasteiger partial charge in [0.1, 0.15) is 25.3 Å². The first-order valence-corrected chi connectivity index (χ1v) is 9.82. The van der Waals surface area contributed by atoms with E-state index >= 15 is 0 Å². The van der Waals surface area contributed by atoms with Gasteiger partial charge in [0.05, 0.1) is 0 Å². The third-order valence-electron chi connectivity index (χ3n) is 5.46. The number of rotatable bonds is 3. The Morgan fingerprint density at radius 1 is 1.12 bits per heavy atom. The van der Waals surface area contributed by atoms with Crippen LogP contribution in [0.3, 0.4) is 0 Å². The zero-order chi connectivity index (χ0) is 18.1. The predicted octanol–water partition coefficient (Wildman–Crippen LogP) is 1.75. The van der Waals surface area contributed by atoms with Crippen molar-refractivity contribution in [3.8, 4) is 11.5 Å². The second-order valence-corrected chi connectivity index (χ2v) is 7.98. The number of quaternary nitrogens is 1. The van der Waals surface area contributed by atoms with Gasteiger partial charge in [-0.15, -0.1) is 0 Å². The van der Waals surface area contributed by atoms with Crippen LogP contribution in [0, 0.1) is 0 Å². The summed E-state index contributed by atoms with van der Waals surface area (Å²) in [6.45, 7) is 6.30. The zero-order valence-corrected chi connectivity index (χ0v) is 15.7. The third-order valence-corrected chi connectivity index (χ3v) is 5.46. The number of amides is 1. The molecule has 6 nitrogen and oxygen atoms in total. The number of ether oxygens (including phenoxy) is 3. The quantitative estimate of drug-likeness (QED) is 0.861. The monoisotopic (exact) mass is 361 g/mol. The molecule has 0 radical (unpaired) electrons. The summed E-state index contributed by atoms with van der Waals surface area (Å²) in [7, 11) is 0. The minimum atomic E-state index is -0.479. The number of anilines is 1. The van der Waals surface area contributed by atoms with E-state index < -0.39 is 5.79 Å². The number of nitrogens with one attached hydrogen (secondary N) is 2. The Kier molecular flexibility index (Phi) is 4.80. The van der Waals surface area contributed by atoms with Gasteiger partial charge in [-0.25, -0.2) is 0 Å². The Morgan fingerprint density at radius 2 is 1.81 bits per heavy atom. The lowest BCUT2D eigenvalue weighted by atomic mass is 9.94. The van der Waals surface area contributed by atoms with Crippen LogP contribution < -0.4 is 19.7 Å². The molecule has 2 aliphatic heterocycles. The van der Waals surface area contributed by atoms with Gasteiger partial charge in [0.2, 0.25) is 0 Å². The van der Waals surface area contributed by atoms with Gasteiger partial charge < -0.3 is 24.4 Å². The number of benzene rings is 1. The Morgan fingerprint density at radius 3 is 2.54 bits per heavy atom. The highest BCUT2D eigenvalue weighted by molar-refractivity contribution is 5.91. The first-order chi connectivity index (χ1) is 12.5. The van der Waals surface area contributed by atoms with Crippen molar-refractivity contribution in [2.75, 3.05) is 25.0 Å². The molecular weight excluding hydrogens is 332 g/mol. The highest BCUT2D eigenvalue weighted by Crippen LogP contribution is 2.46. The molecule has 1 saturated carbocycles. The number of hydrogen-bond donors (Lipinski definition) is 2. The van der Waals surface area contributed by atoms with Gasteiger partial charge in [0.15, 0.2) is 18.0 Å². The molecule has 4 rings (SSSR count). The largest absolute Gasteiger partial charge is 0.448 e. The first-order valence-electron chi connectivity index (χ1n) is 9.82. The van der Waals surface area contributed by atoms with Crippen LogP contribution in [0.4, 0.5) is 5.69 Å². The van der Waals surface area contributed by atoms with Crippen molar-refractivity contribution in [3.63, 3.8) is 0 Å². The van der Waals surface area contributed by atoms with Gasteiger partial charge in [0.25, 0.3) is 11.7 Å². The molecule has 2 fully saturated rings. The summed E-state index contributed by atoms with van der Waals surface area (Å²) in [5, 5.41) is 3.00. The maximum atomic E-state index is 12.4. The lowest BCUT2D eigenvalue weighted by Gasteiger charge is -2.31. The summed E-state index contributed by atoms with van der Waals surface area (Å²) in [6, 6.07) is 5.68. The molecule has 26 heavy (non-hydrogen) atoms. The van der Waals surface area contributed by atoms with Crippen molar-refractivity contribution >= 4 is 11.6 Å². The highest BCUT2D eigenvalue weighted by Gasteiger charge is 2.42. The second-order valence-electron chi connectivity index (χ2n) is 7.98. The van der Waals surface area contributed by atoms with Gasteiger partial charge in [-0.1, -0.05) is 6.42 Å². The molecule has 1 amide bonds. The van der Waals surface area contributed by atoms with Crippen LogP contribution in [0.2, 0.25) is 0 Å². The smallest absolute Gasteiger partial charge is 0.279 e. The maximum Gasteiger partial charge on any atom is 0.279 e. The van der Waals surface area contributed by atoms with E-state index in [2.05, 4.69) is 19.2 Å². The molecule has 1 spiro atoms. The molecule has 142 valence electrons. The molecule has 1 saturated heterocycles. The van der Waals surface area contributed by atoms with Crippen molar-refractivity contribution in [3.05, 3.63) is 18.2 Å². The number of morpholine rings is 1. The van der Waals surface area contributed by atoms with E-state index in [1.54, 1.807) is 0 Å². The fourth-order valence-corrected chi connectivity index (χ4v) is 4.43.